The molecule has 4 rings (SSSR count). The fourth-order valence-corrected chi connectivity index (χ4v) is 3.54. The van der Waals surface area contributed by atoms with Crippen LogP contribution in [0.25, 0.3) is 0 Å². The zero-order chi connectivity index (χ0) is 19.3. The van der Waals surface area contributed by atoms with Crippen molar-refractivity contribution in [2.75, 3.05) is 44.6 Å². The number of aromatic nitrogens is 1. The molecule has 0 aliphatic carbocycles. The molecular formula is C20H24N4O4. The molecule has 2 amide bonds. The Morgan fingerprint density at radius 3 is 2.61 bits per heavy atom. The Hall–Kier alpha value is -2.87. The van der Waals surface area contributed by atoms with Crippen LogP contribution in [0.1, 0.15) is 33.8 Å². The predicted octanol–water partition coefficient (Wildman–Crippen LogP) is 1.86. The van der Waals surface area contributed by atoms with E-state index in [1.54, 1.807) is 40.3 Å². The number of nitrogens with one attached hydrogen (secondary N) is 1. The number of pyridine rings is 1. The number of nitrogens with zero attached hydrogens (tertiary/aromatic N) is 3. The highest BCUT2D eigenvalue weighted by Gasteiger charge is 2.26. The molecule has 1 unspecified atom stereocenters. The van der Waals surface area contributed by atoms with Gasteiger partial charge in [-0.2, -0.15) is 0 Å². The quantitative estimate of drug-likeness (QED) is 0.847. The minimum Gasteiger partial charge on any atom is -0.459 e. The second kappa shape index (κ2) is 8.43. The molecule has 0 bridgehead atoms. The third-order valence-electron chi connectivity index (χ3n) is 5.13. The summed E-state index contributed by atoms with van der Waals surface area (Å²) in [5, 5.41) is 3.25. The number of piperazine rings is 1. The van der Waals surface area contributed by atoms with E-state index in [0.717, 1.165) is 19.4 Å². The first-order chi connectivity index (χ1) is 13.7. The van der Waals surface area contributed by atoms with Crippen molar-refractivity contribution in [2.45, 2.75) is 18.9 Å². The van der Waals surface area contributed by atoms with Crippen molar-refractivity contribution in [1.82, 2.24) is 14.8 Å². The van der Waals surface area contributed by atoms with Gasteiger partial charge in [0.15, 0.2) is 5.76 Å². The van der Waals surface area contributed by atoms with Gasteiger partial charge >= 0.3 is 0 Å². The highest BCUT2D eigenvalue weighted by molar-refractivity contribution is 5.95. The van der Waals surface area contributed by atoms with Gasteiger partial charge in [-0.3, -0.25) is 9.59 Å². The third kappa shape index (κ3) is 4.17. The van der Waals surface area contributed by atoms with Gasteiger partial charge in [0.2, 0.25) is 0 Å². The van der Waals surface area contributed by atoms with Crippen molar-refractivity contribution in [3.05, 3.63) is 48.0 Å². The first-order valence-corrected chi connectivity index (χ1v) is 9.64. The van der Waals surface area contributed by atoms with Crippen molar-refractivity contribution in [2.24, 2.45) is 0 Å². The number of furan rings is 1. The number of amides is 2. The van der Waals surface area contributed by atoms with Crippen LogP contribution in [0, 0.1) is 0 Å². The Morgan fingerprint density at radius 2 is 1.93 bits per heavy atom. The lowest BCUT2D eigenvalue weighted by Gasteiger charge is -2.34. The van der Waals surface area contributed by atoms with Crippen molar-refractivity contribution in [1.29, 1.82) is 0 Å². The molecule has 1 atom stereocenters. The summed E-state index contributed by atoms with van der Waals surface area (Å²) in [7, 11) is 0. The molecule has 8 heteroatoms. The highest BCUT2D eigenvalue weighted by Crippen LogP contribution is 2.16. The van der Waals surface area contributed by atoms with Gasteiger partial charge in [-0.15, -0.1) is 0 Å². The minimum atomic E-state index is -0.137. The maximum atomic E-state index is 12.8. The van der Waals surface area contributed by atoms with Crippen LogP contribution in [-0.2, 0) is 4.74 Å². The second-order valence-electron chi connectivity index (χ2n) is 7.01. The van der Waals surface area contributed by atoms with Gasteiger partial charge in [-0.05, 0) is 37.1 Å². The van der Waals surface area contributed by atoms with E-state index in [1.165, 1.54) is 6.26 Å². The van der Waals surface area contributed by atoms with Gasteiger partial charge < -0.3 is 24.3 Å². The van der Waals surface area contributed by atoms with Crippen LogP contribution < -0.4 is 5.32 Å². The van der Waals surface area contributed by atoms with Crippen molar-refractivity contribution in [3.8, 4) is 0 Å². The summed E-state index contributed by atoms with van der Waals surface area (Å²) in [6.07, 6.45) is 5.48. The minimum absolute atomic E-state index is 0.0485. The lowest BCUT2D eigenvalue weighted by atomic mass is 10.2. The first-order valence-electron chi connectivity index (χ1n) is 9.64. The third-order valence-corrected chi connectivity index (χ3v) is 5.13. The molecule has 2 fully saturated rings. The monoisotopic (exact) mass is 384 g/mol. The number of carbonyl (C=O) groups is 2. The molecule has 148 valence electrons. The summed E-state index contributed by atoms with van der Waals surface area (Å²) in [4.78, 5) is 32.9. The summed E-state index contributed by atoms with van der Waals surface area (Å²) in [6, 6.07) is 6.85. The summed E-state index contributed by atoms with van der Waals surface area (Å²) in [6.45, 7) is 3.46. The zero-order valence-corrected chi connectivity index (χ0v) is 15.7. The standard InChI is InChI=1S/C20H24N4O4/c25-19(15-5-6-21-18(13-15)22-14-16-3-1-11-27-16)23-7-9-24(10-8-23)20(26)17-4-2-12-28-17/h2,4-6,12-13,16H,1,3,7-11,14H2,(H,21,22). The van der Waals surface area contributed by atoms with Gasteiger partial charge in [0.05, 0.1) is 12.4 Å². The molecule has 0 aromatic carbocycles. The van der Waals surface area contributed by atoms with E-state index in [2.05, 4.69) is 10.3 Å². The first kappa shape index (κ1) is 18.5. The van der Waals surface area contributed by atoms with E-state index in [1.807, 2.05) is 0 Å². The summed E-state index contributed by atoms with van der Waals surface area (Å²) in [5.74, 6) is 0.818. The Balaban J connectivity index is 1.32. The number of hydrogen-bond donors (Lipinski definition) is 1. The van der Waals surface area contributed by atoms with Gasteiger partial charge in [-0.25, -0.2) is 4.98 Å². The summed E-state index contributed by atoms with van der Waals surface area (Å²) in [5.41, 5.74) is 0.593. The molecular weight excluding hydrogens is 360 g/mol. The van der Waals surface area contributed by atoms with E-state index in [9.17, 15) is 9.59 Å². The van der Waals surface area contributed by atoms with E-state index in [0.29, 0.717) is 49.9 Å². The molecule has 4 heterocycles. The summed E-state index contributed by atoms with van der Waals surface area (Å²) >= 11 is 0. The number of carbonyl (C=O) groups excluding carboxylic acids is 2. The largest absolute Gasteiger partial charge is 0.459 e. The molecule has 1 N–H and O–H groups in total. The normalized spacial score (nSPS) is 19.6. The van der Waals surface area contributed by atoms with Crippen molar-refractivity contribution in [3.63, 3.8) is 0 Å². The smallest absolute Gasteiger partial charge is 0.289 e. The van der Waals surface area contributed by atoms with Crippen LogP contribution in [0.2, 0.25) is 0 Å². The molecule has 2 saturated heterocycles. The summed E-state index contributed by atoms with van der Waals surface area (Å²) < 4.78 is 10.8. The fraction of sp³-hybridized carbons (Fsp3) is 0.450. The molecule has 0 radical (unpaired) electrons. The van der Waals surface area contributed by atoms with E-state index >= 15 is 0 Å². The number of anilines is 1. The molecule has 2 aliphatic rings. The van der Waals surface area contributed by atoms with Crippen molar-refractivity contribution >= 4 is 17.6 Å². The topological polar surface area (TPSA) is 87.9 Å². The second-order valence-corrected chi connectivity index (χ2v) is 7.01. The van der Waals surface area contributed by atoms with Gasteiger partial charge in [0, 0.05) is 51.1 Å². The SMILES string of the molecule is O=C(c1ccnc(NCC2CCCO2)c1)N1CCN(C(=O)c2ccco2)CC1. The van der Waals surface area contributed by atoms with E-state index < -0.39 is 0 Å². The number of rotatable bonds is 5. The Morgan fingerprint density at radius 1 is 1.14 bits per heavy atom. The van der Waals surface area contributed by atoms with Crippen LogP contribution in [0.3, 0.4) is 0 Å². The highest BCUT2D eigenvalue weighted by atomic mass is 16.5. The molecule has 2 aromatic heterocycles. The lowest BCUT2D eigenvalue weighted by molar-refractivity contribution is 0.0518. The Kier molecular flexibility index (Phi) is 5.57. The Labute approximate surface area is 163 Å². The zero-order valence-electron chi connectivity index (χ0n) is 15.7. The average Bonchev–Trinajstić information content (AvgIpc) is 3.46. The van der Waals surface area contributed by atoms with Crippen LogP contribution in [0.5, 0.6) is 0 Å². The number of hydrogen-bond acceptors (Lipinski definition) is 6. The van der Waals surface area contributed by atoms with Crippen LogP contribution in [0.4, 0.5) is 5.82 Å². The maximum absolute atomic E-state index is 12.8. The molecule has 8 nitrogen and oxygen atoms in total. The van der Waals surface area contributed by atoms with E-state index in [4.69, 9.17) is 9.15 Å². The molecule has 2 aliphatic heterocycles. The molecule has 0 saturated carbocycles. The molecule has 0 spiro atoms. The van der Waals surface area contributed by atoms with Crippen molar-refractivity contribution < 1.29 is 18.7 Å². The Bertz CT molecular complexity index is 809. The van der Waals surface area contributed by atoms with E-state index in [-0.39, 0.29) is 17.9 Å². The molecule has 28 heavy (non-hydrogen) atoms. The van der Waals surface area contributed by atoms with Crippen LogP contribution >= 0.6 is 0 Å². The van der Waals surface area contributed by atoms with Gasteiger partial charge in [0.1, 0.15) is 5.82 Å². The maximum Gasteiger partial charge on any atom is 0.289 e. The average molecular weight is 384 g/mol. The van der Waals surface area contributed by atoms with Crippen LogP contribution in [0.15, 0.2) is 41.1 Å². The van der Waals surface area contributed by atoms with Gasteiger partial charge in [-0.1, -0.05) is 0 Å². The van der Waals surface area contributed by atoms with Gasteiger partial charge in [0.25, 0.3) is 11.8 Å². The predicted molar refractivity (Wildman–Crippen MR) is 102 cm³/mol. The molecule has 2 aromatic rings. The van der Waals surface area contributed by atoms with Crippen LogP contribution in [-0.4, -0.2) is 72.0 Å². The fourth-order valence-electron chi connectivity index (χ4n) is 3.54. The number of ether oxygens (including phenoxy) is 1. The lowest BCUT2D eigenvalue weighted by Crippen LogP contribution is -2.50.